The van der Waals surface area contributed by atoms with E-state index in [-0.39, 0.29) is 0 Å². The zero-order chi connectivity index (χ0) is 10.5. The predicted octanol–water partition coefficient (Wildman–Crippen LogP) is 0.800. The second kappa shape index (κ2) is 5.03. The summed E-state index contributed by atoms with van der Waals surface area (Å²) >= 11 is 0. The molecule has 0 aromatic heterocycles. The molecule has 1 aliphatic heterocycles. The lowest BCUT2D eigenvalue weighted by atomic mass is 10.1. The first-order chi connectivity index (χ1) is 7.38. The van der Waals surface area contributed by atoms with Crippen LogP contribution in [-0.2, 0) is 0 Å². The van der Waals surface area contributed by atoms with Gasteiger partial charge in [0.1, 0.15) is 24.1 Å². The van der Waals surface area contributed by atoms with Crippen molar-refractivity contribution in [2.24, 2.45) is 0 Å². The van der Waals surface area contributed by atoms with E-state index >= 15 is 0 Å². The molecule has 2 rings (SSSR count). The fraction of sp³-hybridized carbons (Fsp3) is 0.500. The average molecular weight is 208 g/mol. The van der Waals surface area contributed by atoms with Crippen LogP contribution in [0.5, 0.6) is 11.5 Å². The second-order valence-electron chi connectivity index (χ2n) is 3.87. The Labute approximate surface area is 90.4 Å². The third kappa shape index (κ3) is 2.86. The van der Waals surface area contributed by atoms with Gasteiger partial charge < -0.3 is 14.8 Å². The van der Waals surface area contributed by atoms with Gasteiger partial charge in [-0.1, -0.05) is 0 Å². The number of hydrogen-bond donors (Lipinski definition) is 1. The standard InChI is InChI=1S/C12H17NO2/c1-14-10-4-6-11(7-5-10)15-12-3-2-8-13-9-12/h4-7,12-13H,2-3,8-9H2,1H3/p+1/t12-/m0/s1. The second-order valence-corrected chi connectivity index (χ2v) is 3.87. The Balaban J connectivity index is 1.91. The molecule has 1 heterocycles. The maximum Gasteiger partial charge on any atom is 0.147 e. The van der Waals surface area contributed by atoms with Crippen molar-refractivity contribution in [2.75, 3.05) is 20.2 Å². The number of piperidine rings is 1. The van der Waals surface area contributed by atoms with Crippen LogP contribution in [-0.4, -0.2) is 26.3 Å². The van der Waals surface area contributed by atoms with Gasteiger partial charge in [-0.15, -0.1) is 0 Å². The smallest absolute Gasteiger partial charge is 0.147 e. The molecule has 3 nitrogen and oxygen atoms in total. The minimum absolute atomic E-state index is 0.368. The molecule has 1 aliphatic rings. The van der Waals surface area contributed by atoms with Gasteiger partial charge in [-0.05, 0) is 30.7 Å². The summed E-state index contributed by atoms with van der Waals surface area (Å²) in [5.74, 6) is 1.81. The molecule has 0 unspecified atom stereocenters. The first-order valence-corrected chi connectivity index (χ1v) is 5.51. The molecule has 0 aliphatic carbocycles. The lowest BCUT2D eigenvalue weighted by Gasteiger charge is -2.21. The van der Waals surface area contributed by atoms with Crippen LogP contribution < -0.4 is 14.8 Å². The van der Waals surface area contributed by atoms with E-state index in [4.69, 9.17) is 9.47 Å². The van der Waals surface area contributed by atoms with Gasteiger partial charge >= 0.3 is 0 Å². The highest BCUT2D eigenvalue weighted by atomic mass is 16.5. The van der Waals surface area contributed by atoms with Crippen LogP contribution in [0.4, 0.5) is 0 Å². The molecule has 1 aromatic rings. The minimum Gasteiger partial charge on any atom is -0.497 e. The SMILES string of the molecule is COc1ccc(O[C@H]2CCC[NH2+]C2)cc1. The molecule has 82 valence electrons. The molecule has 1 saturated heterocycles. The van der Waals surface area contributed by atoms with Crippen molar-refractivity contribution in [3.05, 3.63) is 24.3 Å². The Morgan fingerprint density at radius 3 is 2.53 bits per heavy atom. The Bertz CT molecular complexity index is 291. The highest BCUT2D eigenvalue weighted by Crippen LogP contribution is 2.19. The van der Waals surface area contributed by atoms with Crippen molar-refractivity contribution in [3.63, 3.8) is 0 Å². The zero-order valence-corrected chi connectivity index (χ0v) is 9.11. The van der Waals surface area contributed by atoms with Gasteiger partial charge in [0.15, 0.2) is 0 Å². The van der Waals surface area contributed by atoms with E-state index in [0.29, 0.717) is 6.10 Å². The quantitative estimate of drug-likeness (QED) is 0.797. The molecule has 0 spiro atoms. The number of benzene rings is 1. The van der Waals surface area contributed by atoms with Crippen molar-refractivity contribution in [1.82, 2.24) is 0 Å². The molecule has 1 atom stereocenters. The third-order valence-electron chi connectivity index (χ3n) is 2.73. The molecule has 0 bridgehead atoms. The van der Waals surface area contributed by atoms with Gasteiger partial charge in [-0.2, -0.15) is 0 Å². The number of methoxy groups -OCH3 is 1. The van der Waals surface area contributed by atoms with Gasteiger partial charge in [-0.25, -0.2) is 0 Å². The van der Waals surface area contributed by atoms with Gasteiger partial charge in [0.05, 0.1) is 13.7 Å². The van der Waals surface area contributed by atoms with Crippen molar-refractivity contribution in [3.8, 4) is 11.5 Å². The molecule has 1 aromatic carbocycles. The first kappa shape index (κ1) is 10.3. The summed E-state index contributed by atoms with van der Waals surface area (Å²) in [6.45, 7) is 2.31. The van der Waals surface area contributed by atoms with Crippen LogP contribution in [0.25, 0.3) is 0 Å². The van der Waals surface area contributed by atoms with Crippen LogP contribution in [0.3, 0.4) is 0 Å². The van der Waals surface area contributed by atoms with Crippen molar-refractivity contribution in [2.45, 2.75) is 18.9 Å². The summed E-state index contributed by atoms with van der Waals surface area (Å²) in [6, 6.07) is 7.80. The summed E-state index contributed by atoms with van der Waals surface area (Å²) in [6.07, 6.45) is 2.79. The van der Waals surface area contributed by atoms with E-state index in [2.05, 4.69) is 5.32 Å². The lowest BCUT2D eigenvalue weighted by Crippen LogP contribution is -2.88. The fourth-order valence-corrected chi connectivity index (χ4v) is 1.87. The van der Waals surface area contributed by atoms with Gasteiger partial charge in [0.2, 0.25) is 0 Å². The van der Waals surface area contributed by atoms with E-state index in [1.807, 2.05) is 24.3 Å². The summed E-state index contributed by atoms with van der Waals surface area (Å²) in [7, 11) is 1.67. The van der Waals surface area contributed by atoms with E-state index < -0.39 is 0 Å². The maximum atomic E-state index is 5.87. The number of ether oxygens (including phenoxy) is 2. The van der Waals surface area contributed by atoms with Gasteiger partial charge in [0.25, 0.3) is 0 Å². The third-order valence-corrected chi connectivity index (χ3v) is 2.73. The number of quaternary nitrogens is 1. The predicted molar refractivity (Wildman–Crippen MR) is 58.3 cm³/mol. The Hall–Kier alpha value is -1.22. The van der Waals surface area contributed by atoms with E-state index in [0.717, 1.165) is 18.0 Å². The lowest BCUT2D eigenvalue weighted by molar-refractivity contribution is -0.668. The molecule has 0 saturated carbocycles. The highest BCUT2D eigenvalue weighted by molar-refractivity contribution is 5.31. The molecular formula is C12H18NO2+. The number of hydrogen-bond acceptors (Lipinski definition) is 2. The number of nitrogens with two attached hydrogens (primary N) is 1. The zero-order valence-electron chi connectivity index (χ0n) is 9.11. The Morgan fingerprint density at radius 1 is 1.20 bits per heavy atom. The van der Waals surface area contributed by atoms with Crippen molar-refractivity contribution >= 4 is 0 Å². The molecule has 0 amide bonds. The molecule has 15 heavy (non-hydrogen) atoms. The molecule has 3 heteroatoms. The van der Waals surface area contributed by atoms with Crippen LogP contribution in [0.2, 0.25) is 0 Å². The molecular weight excluding hydrogens is 190 g/mol. The Kier molecular flexibility index (Phi) is 3.45. The Morgan fingerprint density at radius 2 is 1.93 bits per heavy atom. The summed E-state index contributed by atoms with van der Waals surface area (Å²) < 4.78 is 11.0. The van der Waals surface area contributed by atoms with Crippen molar-refractivity contribution < 1.29 is 14.8 Å². The van der Waals surface area contributed by atoms with Gasteiger partial charge in [0, 0.05) is 6.42 Å². The molecule has 2 N–H and O–H groups in total. The summed E-state index contributed by atoms with van der Waals surface area (Å²) in [5.41, 5.74) is 0. The maximum absolute atomic E-state index is 5.87. The normalized spacial score (nSPS) is 21.0. The van der Waals surface area contributed by atoms with Gasteiger partial charge in [-0.3, -0.25) is 0 Å². The largest absolute Gasteiger partial charge is 0.497 e. The van der Waals surface area contributed by atoms with Crippen molar-refractivity contribution in [1.29, 1.82) is 0 Å². The van der Waals surface area contributed by atoms with E-state index in [1.165, 1.54) is 19.4 Å². The molecule has 1 fully saturated rings. The van der Waals surface area contributed by atoms with Crippen LogP contribution in [0.1, 0.15) is 12.8 Å². The van der Waals surface area contributed by atoms with E-state index in [9.17, 15) is 0 Å². The monoisotopic (exact) mass is 208 g/mol. The summed E-state index contributed by atoms with van der Waals surface area (Å²) in [4.78, 5) is 0. The first-order valence-electron chi connectivity index (χ1n) is 5.51. The van der Waals surface area contributed by atoms with Crippen LogP contribution in [0.15, 0.2) is 24.3 Å². The van der Waals surface area contributed by atoms with Crippen LogP contribution in [0, 0.1) is 0 Å². The minimum atomic E-state index is 0.368. The fourth-order valence-electron chi connectivity index (χ4n) is 1.87. The molecule has 0 radical (unpaired) electrons. The highest BCUT2D eigenvalue weighted by Gasteiger charge is 2.16. The van der Waals surface area contributed by atoms with E-state index in [1.54, 1.807) is 7.11 Å². The topological polar surface area (TPSA) is 35.1 Å². The average Bonchev–Trinajstić information content (AvgIpc) is 2.31. The summed E-state index contributed by atoms with van der Waals surface area (Å²) in [5, 5.41) is 2.32. The van der Waals surface area contributed by atoms with Crippen LogP contribution >= 0.6 is 0 Å². The number of rotatable bonds is 3.